The summed E-state index contributed by atoms with van der Waals surface area (Å²) < 4.78 is 0. The van der Waals surface area contributed by atoms with E-state index in [4.69, 9.17) is 0 Å². The van der Waals surface area contributed by atoms with Crippen molar-refractivity contribution in [3.05, 3.63) is 35.8 Å². The number of aryl methyl sites for hydroxylation is 1. The summed E-state index contributed by atoms with van der Waals surface area (Å²) in [5, 5.41) is 10.5. The van der Waals surface area contributed by atoms with E-state index in [1.807, 2.05) is 30.2 Å². The van der Waals surface area contributed by atoms with Crippen LogP contribution >= 0.6 is 0 Å². The number of amides is 1. The van der Waals surface area contributed by atoms with Crippen LogP contribution in [-0.4, -0.2) is 57.4 Å². The number of H-pyrrole nitrogens is 1. The molecule has 1 amide bonds. The van der Waals surface area contributed by atoms with Crippen molar-refractivity contribution >= 4 is 11.7 Å². The maximum atomic E-state index is 12.6. The third kappa shape index (κ3) is 3.55. The van der Waals surface area contributed by atoms with Gasteiger partial charge in [0.2, 0.25) is 0 Å². The SMILES string of the molecule is CCN(CC1CCN(c2ccccn2)CC1)C(=O)c1n[nH]nc1C. The first-order valence-corrected chi connectivity index (χ1v) is 8.51. The Bertz CT molecular complexity index is 663. The Hall–Kier alpha value is -2.44. The summed E-state index contributed by atoms with van der Waals surface area (Å²) in [6.45, 7) is 7.24. The average Bonchev–Trinajstić information content (AvgIpc) is 3.06. The van der Waals surface area contributed by atoms with Crippen molar-refractivity contribution in [2.24, 2.45) is 5.92 Å². The second kappa shape index (κ2) is 7.42. The molecule has 7 nitrogen and oxygen atoms in total. The van der Waals surface area contributed by atoms with Gasteiger partial charge in [0.25, 0.3) is 5.91 Å². The van der Waals surface area contributed by atoms with Gasteiger partial charge < -0.3 is 9.80 Å². The van der Waals surface area contributed by atoms with E-state index in [0.29, 0.717) is 23.9 Å². The predicted molar refractivity (Wildman–Crippen MR) is 91.9 cm³/mol. The summed E-state index contributed by atoms with van der Waals surface area (Å²) in [7, 11) is 0. The number of anilines is 1. The van der Waals surface area contributed by atoms with Crippen molar-refractivity contribution in [2.45, 2.75) is 26.7 Å². The Kier molecular flexibility index (Phi) is 5.08. The zero-order valence-corrected chi connectivity index (χ0v) is 14.3. The van der Waals surface area contributed by atoms with Gasteiger partial charge in [-0.05, 0) is 44.7 Å². The van der Waals surface area contributed by atoms with Crippen molar-refractivity contribution in [3.63, 3.8) is 0 Å². The highest BCUT2D eigenvalue weighted by molar-refractivity contribution is 5.93. The maximum absolute atomic E-state index is 12.6. The quantitative estimate of drug-likeness (QED) is 0.907. The van der Waals surface area contributed by atoms with Crippen LogP contribution in [0.4, 0.5) is 5.82 Å². The van der Waals surface area contributed by atoms with Gasteiger partial charge in [-0.15, -0.1) is 0 Å². The molecule has 0 aromatic carbocycles. The van der Waals surface area contributed by atoms with Crippen LogP contribution in [0.3, 0.4) is 0 Å². The molecule has 1 saturated heterocycles. The van der Waals surface area contributed by atoms with E-state index in [0.717, 1.165) is 38.3 Å². The molecule has 3 heterocycles. The number of hydrogen-bond acceptors (Lipinski definition) is 5. The summed E-state index contributed by atoms with van der Waals surface area (Å²) >= 11 is 0. The number of aromatic nitrogens is 4. The summed E-state index contributed by atoms with van der Waals surface area (Å²) in [5.41, 5.74) is 1.09. The molecule has 128 valence electrons. The van der Waals surface area contributed by atoms with E-state index in [1.54, 1.807) is 6.92 Å². The summed E-state index contributed by atoms with van der Waals surface area (Å²) in [6.07, 6.45) is 3.97. The molecule has 0 bridgehead atoms. The van der Waals surface area contributed by atoms with Crippen LogP contribution in [0.1, 0.15) is 35.9 Å². The topological polar surface area (TPSA) is 78.0 Å². The number of rotatable bonds is 5. The predicted octanol–water partition coefficient (Wildman–Crippen LogP) is 1.89. The lowest BCUT2D eigenvalue weighted by Crippen LogP contribution is -2.41. The number of carbonyl (C=O) groups is 1. The van der Waals surface area contributed by atoms with Gasteiger partial charge in [-0.1, -0.05) is 6.07 Å². The van der Waals surface area contributed by atoms with Gasteiger partial charge in [0, 0.05) is 32.4 Å². The Balaban J connectivity index is 1.56. The van der Waals surface area contributed by atoms with Crippen molar-refractivity contribution in [1.82, 2.24) is 25.3 Å². The molecule has 0 spiro atoms. The minimum atomic E-state index is -0.0316. The van der Waals surface area contributed by atoms with Crippen LogP contribution in [0.5, 0.6) is 0 Å². The molecular formula is C17H24N6O. The number of nitrogens with zero attached hydrogens (tertiary/aromatic N) is 5. The molecule has 1 N–H and O–H groups in total. The van der Waals surface area contributed by atoms with Crippen molar-refractivity contribution < 1.29 is 4.79 Å². The van der Waals surface area contributed by atoms with Gasteiger partial charge in [-0.2, -0.15) is 15.4 Å². The Labute approximate surface area is 142 Å². The van der Waals surface area contributed by atoms with E-state index in [2.05, 4.69) is 31.4 Å². The van der Waals surface area contributed by atoms with Crippen LogP contribution in [-0.2, 0) is 0 Å². The van der Waals surface area contributed by atoms with Gasteiger partial charge >= 0.3 is 0 Å². The van der Waals surface area contributed by atoms with Crippen LogP contribution in [0.2, 0.25) is 0 Å². The summed E-state index contributed by atoms with van der Waals surface area (Å²) in [4.78, 5) is 21.2. The fourth-order valence-corrected chi connectivity index (χ4v) is 3.19. The van der Waals surface area contributed by atoms with Crippen LogP contribution in [0, 0.1) is 12.8 Å². The number of hydrogen-bond donors (Lipinski definition) is 1. The zero-order chi connectivity index (χ0) is 16.9. The first kappa shape index (κ1) is 16.4. The number of nitrogens with one attached hydrogen (secondary N) is 1. The van der Waals surface area contributed by atoms with Gasteiger partial charge in [0.05, 0.1) is 5.69 Å². The molecule has 7 heteroatoms. The lowest BCUT2D eigenvalue weighted by atomic mass is 9.96. The molecule has 0 atom stereocenters. The van der Waals surface area contributed by atoms with E-state index < -0.39 is 0 Å². The Morgan fingerprint density at radius 1 is 1.33 bits per heavy atom. The van der Waals surface area contributed by atoms with E-state index in [9.17, 15) is 4.79 Å². The van der Waals surface area contributed by atoms with Gasteiger partial charge in [-0.25, -0.2) is 4.98 Å². The van der Waals surface area contributed by atoms with Crippen LogP contribution in [0.15, 0.2) is 24.4 Å². The second-order valence-electron chi connectivity index (χ2n) is 6.22. The second-order valence-corrected chi connectivity index (χ2v) is 6.22. The van der Waals surface area contributed by atoms with E-state index in [1.165, 1.54) is 0 Å². The maximum Gasteiger partial charge on any atom is 0.276 e. The molecule has 0 radical (unpaired) electrons. The van der Waals surface area contributed by atoms with E-state index >= 15 is 0 Å². The van der Waals surface area contributed by atoms with Gasteiger partial charge in [0.1, 0.15) is 5.82 Å². The van der Waals surface area contributed by atoms with Crippen molar-refractivity contribution in [3.8, 4) is 0 Å². The molecular weight excluding hydrogens is 304 g/mol. The molecule has 1 aliphatic heterocycles. The van der Waals surface area contributed by atoms with Crippen molar-refractivity contribution in [1.29, 1.82) is 0 Å². The molecule has 24 heavy (non-hydrogen) atoms. The molecule has 2 aromatic rings. The number of aromatic amines is 1. The molecule has 1 fully saturated rings. The molecule has 0 aliphatic carbocycles. The third-order valence-corrected chi connectivity index (χ3v) is 4.66. The highest BCUT2D eigenvalue weighted by Gasteiger charge is 2.26. The monoisotopic (exact) mass is 328 g/mol. The van der Waals surface area contributed by atoms with Crippen LogP contribution < -0.4 is 4.90 Å². The van der Waals surface area contributed by atoms with Gasteiger partial charge in [-0.3, -0.25) is 4.79 Å². The average molecular weight is 328 g/mol. The van der Waals surface area contributed by atoms with Crippen LogP contribution in [0.25, 0.3) is 0 Å². The fourth-order valence-electron chi connectivity index (χ4n) is 3.19. The molecule has 0 unspecified atom stereocenters. The third-order valence-electron chi connectivity index (χ3n) is 4.66. The Morgan fingerprint density at radius 2 is 2.12 bits per heavy atom. The molecule has 1 aliphatic rings. The summed E-state index contributed by atoms with van der Waals surface area (Å²) in [6, 6.07) is 6.01. The fraction of sp³-hybridized carbons (Fsp3) is 0.529. The Morgan fingerprint density at radius 3 is 2.71 bits per heavy atom. The normalized spacial score (nSPS) is 15.5. The number of carbonyl (C=O) groups excluding carboxylic acids is 1. The summed E-state index contributed by atoms with van der Waals surface area (Å²) in [5.74, 6) is 1.52. The molecule has 3 rings (SSSR count). The largest absolute Gasteiger partial charge is 0.357 e. The standard InChI is InChI=1S/C17H24N6O/c1-3-22(17(24)16-13(2)19-21-20-16)12-14-7-10-23(11-8-14)15-6-4-5-9-18-15/h4-6,9,14H,3,7-8,10-12H2,1-2H3,(H,19,20,21). The minimum Gasteiger partial charge on any atom is -0.357 e. The first-order chi connectivity index (χ1) is 11.7. The molecule has 2 aromatic heterocycles. The highest BCUT2D eigenvalue weighted by atomic mass is 16.2. The lowest BCUT2D eigenvalue weighted by molar-refractivity contribution is 0.0722. The first-order valence-electron chi connectivity index (χ1n) is 8.51. The van der Waals surface area contributed by atoms with Gasteiger partial charge in [0.15, 0.2) is 5.69 Å². The lowest BCUT2D eigenvalue weighted by Gasteiger charge is -2.35. The minimum absolute atomic E-state index is 0.0316. The smallest absolute Gasteiger partial charge is 0.276 e. The number of piperidine rings is 1. The zero-order valence-electron chi connectivity index (χ0n) is 14.3. The molecule has 0 saturated carbocycles. The van der Waals surface area contributed by atoms with E-state index in [-0.39, 0.29) is 5.91 Å². The number of pyridine rings is 1. The van der Waals surface area contributed by atoms with Crippen molar-refractivity contribution in [2.75, 3.05) is 31.1 Å². The highest BCUT2D eigenvalue weighted by Crippen LogP contribution is 2.22.